The van der Waals surface area contributed by atoms with Crippen molar-refractivity contribution in [2.75, 3.05) is 65.3 Å². The third kappa shape index (κ3) is 7.78. The molecule has 0 unspecified atom stereocenters. The van der Waals surface area contributed by atoms with Crippen molar-refractivity contribution in [1.29, 1.82) is 0 Å². The van der Waals surface area contributed by atoms with Gasteiger partial charge in [-0.15, -0.1) is 0 Å². The molecule has 15 heteroatoms. The highest BCUT2D eigenvalue weighted by molar-refractivity contribution is 5.96. The Morgan fingerprint density at radius 1 is 1.04 bits per heavy atom. The standard InChI is InChI=1S/C37H44F2N8O5/c1-4-24-18-26(44-33-34-43-19-29(46(34)15-14-40-33)28-8-9-30(52-3)32(39)31(28)38)6-7-27(24)36(49)42-13-5-12-41-35(48)25-10-16-47(2,17-11-25)22-23-20-45(21-23)37(50)51/h6-9,14-15,18-19,23,25H,4-5,10-13,16-17,20-22H2,1-3H3,(H3-,40,41,42,44,48,49,50,51)/p+1. The summed E-state index contributed by atoms with van der Waals surface area (Å²) in [6.07, 6.45) is 6.54. The predicted octanol–water partition coefficient (Wildman–Crippen LogP) is 4.69. The van der Waals surface area contributed by atoms with Crippen LogP contribution in [0.5, 0.6) is 5.75 Å². The molecule has 276 valence electrons. The van der Waals surface area contributed by atoms with Gasteiger partial charge in [-0.1, -0.05) is 6.92 Å². The van der Waals surface area contributed by atoms with Gasteiger partial charge in [0.25, 0.3) is 5.91 Å². The first-order chi connectivity index (χ1) is 25.0. The van der Waals surface area contributed by atoms with Gasteiger partial charge in [-0.25, -0.2) is 19.2 Å². The molecule has 0 spiro atoms. The van der Waals surface area contributed by atoms with Crippen molar-refractivity contribution >= 4 is 35.1 Å². The number of hydrogen-bond acceptors (Lipinski definition) is 7. The summed E-state index contributed by atoms with van der Waals surface area (Å²) in [7, 11) is 3.47. The highest BCUT2D eigenvalue weighted by Crippen LogP contribution is 2.32. The normalized spacial score (nSPS) is 18.9. The first-order valence-electron chi connectivity index (χ1n) is 17.6. The number of ether oxygens (including phenoxy) is 1. The van der Waals surface area contributed by atoms with E-state index in [0.29, 0.717) is 73.3 Å². The van der Waals surface area contributed by atoms with Crippen LogP contribution in [0.2, 0.25) is 0 Å². The number of hydrogen-bond donors (Lipinski definition) is 4. The van der Waals surface area contributed by atoms with Crippen LogP contribution < -0.4 is 20.7 Å². The van der Waals surface area contributed by atoms with E-state index in [-0.39, 0.29) is 29.0 Å². The lowest BCUT2D eigenvalue weighted by Gasteiger charge is -2.46. The molecule has 4 N–H and O–H groups in total. The van der Waals surface area contributed by atoms with E-state index < -0.39 is 17.7 Å². The molecule has 2 aromatic heterocycles. The van der Waals surface area contributed by atoms with Gasteiger partial charge in [0.05, 0.1) is 45.7 Å². The van der Waals surface area contributed by atoms with Crippen LogP contribution in [0, 0.1) is 23.5 Å². The van der Waals surface area contributed by atoms with Crippen LogP contribution in [0.4, 0.5) is 25.1 Å². The second-order valence-electron chi connectivity index (χ2n) is 13.9. The fourth-order valence-electron chi connectivity index (χ4n) is 7.26. The number of carbonyl (C=O) groups is 3. The van der Waals surface area contributed by atoms with E-state index in [1.54, 1.807) is 22.7 Å². The summed E-state index contributed by atoms with van der Waals surface area (Å²) in [6, 6.07) is 8.18. The highest BCUT2D eigenvalue weighted by Gasteiger charge is 2.40. The van der Waals surface area contributed by atoms with Crippen molar-refractivity contribution in [3.8, 4) is 17.0 Å². The highest BCUT2D eigenvalue weighted by atomic mass is 19.2. The van der Waals surface area contributed by atoms with Crippen molar-refractivity contribution in [3.63, 3.8) is 0 Å². The molecule has 0 saturated carbocycles. The minimum atomic E-state index is -1.08. The minimum Gasteiger partial charge on any atom is -0.494 e. The van der Waals surface area contributed by atoms with Crippen molar-refractivity contribution in [1.82, 2.24) is 29.9 Å². The number of aromatic nitrogens is 3. The Morgan fingerprint density at radius 3 is 2.50 bits per heavy atom. The molecule has 3 amide bonds. The summed E-state index contributed by atoms with van der Waals surface area (Å²) >= 11 is 0. The minimum absolute atomic E-state index is 0.0271. The predicted molar refractivity (Wildman–Crippen MR) is 191 cm³/mol. The van der Waals surface area contributed by atoms with E-state index in [4.69, 9.17) is 9.84 Å². The molecule has 13 nitrogen and oxygen atoms in total. The molecule has 2 aliphatic heterocycles. The van der Waals surface area contributed by atoms with Gasteiger partial charge in [-0.05, 0) is 48.7 Å². The molecule has 2 fully saturated rings. The molecular formula is C37H45F2N8O5+. The number of rotatable bonds is 13. The molecule has 0 bridgehead atoms. The monoisotopic (exact) mass is 719 g/mol. The van der Waals surface area contributed by atoms with Gasteiger partial charge in [0.1, 0.15) is 0 Å². The number of anilines is 2. The van der Waals surface area contributed by atoms with Crippen LogP contribution in [-0.2, 0) is 11.2 Å². The van der Waals surface area contributed by atoms with Crippen LogP contribution >= 0.6 is 0 Å². The summed E-state index contributed by atoms with van der Waals surface area (Å²) in [5.41, 5.74) is 2.82. The zero-order valence-electron chi connectivity index (χ0n) is 29.6. The molecule has 52 heavy (non-hydrogen) atoms. The third-order valence-corrected chi connectivity index (χ3v) is 10.2. The molecular weight excluding hydrogens is 674 g/mol. The maximum atomic E-state index is 14.9. The van der Waals surface area contributed by atoms with Gasteiger partial charge >= 0.3 is 6.09 Å². The van der Waals surface area contributed by atoms with Crippen molar-refractivity contribution in [3.05, 3.63) is 71.7 Å². The van der Waals surface area contributed by atoms with Gasteiger partial charge in [-0.2, -0.15) is 4.39 Å². The lowest BCUT2D eigenvalue weighted by Crippen LogP contribution is -2.60. The largest absolute Gasteiger partial charge is 0.494 e. The number of aryl methyl sites for hydroxylation is 1. The zero-order valence-corrected chi connectivity index (χ0v) is 29.6. The van der Waals surface area contributed by atoms with Gasteiger partial charge in [-0.3, -0.25) is 14.0 Å². The number of nitrogens with zero attached hydrogens (tertiary/aromatic N) is 5. The Balaban J connectivity index is 0.977. The van der Waals surface area contributed by atoms with Crippen LogP contribution in [0.3, 0.4) is 0 Å². The number of nitrogens with one attached hydrogen (secondary N) is 3. The third-order valence-electron chi connectivity index (χ3n) is 10.2. The van der Waals surface area contributed by atoms with Gasteiger partial charge in [0.15, 0.2) is 23.0 Å². The Kier molecular flexibility index (Phi) is 10.9. The molecule has 0 atom stereocenters. The maximum Gasteiger partial charge on any atom is 0.407 e. The second kappa shape index (κ2) is 15.5. The first-order valence-corrected chi connectivity index (χ1v) is 17.6. The van der Waals surface area contributed by atoms with E-state index in [1.165, 1.54) is 36.5 Å². The fraction of sp³-hybridized carbons (Fsp3) is 0.432. The summed E-state index contributed by atoms with van der Waals surface area (Å²) in [5, 5.41) is 18.3. The van der Waals surface area contributed by atoms with E-state index in [0.717, 1.165) is 42.5 Å². The summed E-state index contributed by atoms with van der Waals surface area (Å²) in [6.45, 7) is 6.76. The summed E-state index contributed by atoms with van der Waals surface area (Å²) in [5.74, 6) is -1.72. The number of imidazole rings is 1. The van der Waals surface area contributed by atoms with Crippen molar-refractivity contribution in [2.24, 2.45) is 11.8 Å². The number of quaternary nitrogens is 1. The van der Waals surface area contributed by atoms with Crippen LogP contribution in [0.1, 0.15) is 42.1 Å². The average molecular weight is 720 g/mol. The summed E-state index contributed by atoms with van der Waals surface area (Å²) < 4.78 is 36.7. The van der Waals surface area contributed by atoms with E-state index in [2.05, 4.69) is 33.0 Å². The molecule has 4 heterocycles. The smallest absolute Gasteiger partial charge is 0.407 e. The number of halogens is 2. The molecule has 0 aliphatic carbocycles. The number of carboxylic acid groups (broad SMARTS) is 1. The van der Waals surface area contributed by atoms with Gasteiger partial charge in [0.2, 0.25) is 11.7 Å². The molecule has 2 aliphatic rings. The first kappa shape index (κ1) is 36.5. The van der Waals surface area contributed by atoms with Crippen molar-refractivity contribution in [2.45, 2.75) is 32.6 Å². The molecule has 4 aromatic rings. The van der Waals surface area contributed by atoms with Gasteiger partial charge < -0.3 is 35.2 Å². The lowest BCUT2D eigenvalue weighted by molar-refractivity contribution is -0.918. The van der Waals surface area contributed by atoms with Crippen LogP contribution in [0.15, 0.2) is 48.9 Å². The van der Waals surface area contributed by atoms with Crippen LogP contribution in [-0.4, -0.2) is 107 Å². The quantitative estimate of drug-likeness (QED) is 0.115. The number of fused-ring (bicyclic) bond motifs is 1. The van der Waals surface area contributed by atoms with Crippen LogP contribution in [0.25, 0.3) is 16.9 Å². The van der Waals surface area contributed by atoms with Gasteiger partial charge in [0, 0.05) is 80.1 Å². The van der Waals surface area contributed by atoms with E-state index in [1.807, 2.05) is 13.0 Å². The average Bonchev–Trinajstić information content (AvgIpc) is 3.55. The number of likely N-dealkylation sites (tertiary alicyclic amines) is 2. The Labute approximate surface area is 300 Å². The van der Waals surface area contributed by atoms with E-state index >= 15 is 0 Å². The number of amides is 3. The number of methoxy groups -OCH3 is 1. The maximum absolute atomic E-state index is 14.9. The van der Waals surface area contributed by atoms with Crippen molar-refractivity contribution < 1.29 is 37.5 Å². The zero-order chi connectivity index (χ0) is 37.0. The Morgan fingerprint density at radius 2 is 1.79 bits per heavy atom. The molecule has 0 radical (unpaired) electrons. The number of piperidine rings is 1. The SMILES string of the molecule is CCc1cc(Nc2nccn3c(-c4ccc(OC)c(F)c4F)cnc23)ccc1C(=O)NCCCNC(=O)C1CC[N+](C)(CC2CN(C(=O)O)C2)CC1. The fourth-order valence-corrected chi connectivity index (χ4v) is 7.26. The number of benzene rings is 2. The lowest BCUT2D eigenvalue weighted by atomic mass is 9.91. The second-order valence-corrected chi connectivity index (χ2v) is 13.9. The molecule has 2 saturated heterocycles. The summed E-state index contributed by atoms with van der Waals surface area (Å²) in [4.78, 5) is 47.3. The molecule has 6 rings (SSSR count). The molecule has 2 aromatic carbocycles. The Bertz CT molecular complexity index is 1960. The number of carbonyl (C=O) groups excluding carboxylic acids is 2. The Hall–Kier alpha value is -5.31. The topological polar surface area (TPSA) is 150 Å². The van der Waals surface area contributed by atoms with E-state index in [9.17, 15) is 23.2 Å².